The summed E-state index contributed by atoms with van der Waals surface area (Å²) in [6, 6.07) is 16.6. The van der Waals surface area contributed by atoms with E-state index >= 15 is 0 Å². The lowest BCUT2D eigenvalue weighted by Crippen LogP contribution is -2.54. The molecule has 0 saturated heterocycles. The molecule has 3 rings (SSSR count). The Hall–Kier alpha value is -2.87. The van der Waals surface area contributed by atoms with E-state index in [0.29, 0.717) is 25.1 Å². The maximum atomic E-state index is 13.9. The maximum Gasteiger partial charge on any atom is 0.244 e. The molecular formula is C30H43N3O4S. The summed E-state index contributed by atoms with van der Waals surface area (Å²) in [5.74, 6) is -0.464. The fraction of sp³-hybridized carbons (Fsp3) is 0.533. The number of rotatable bonds is 12. The molecule has 1 aliphatic rings. The highest BCUT2D eigenvalue weighted by Crippen LogP contribution is 2.29. The van der Waals surface area contributed by atoms with Crippen LogP contribution in [0.3, 0.4) is 0 Å². The first-order chi connectivity index (χ1) is 18.1. The van der Waals surface area contributed by atoms with E-state index < -0.39 is 16.1 Å². The molecule has 2 aromatic carbocycles. The van der Waals surface area contributed by atoms with Crippen molar-refractivity contribution in [2.24, 2.45) is 0 Å². The van der Waals surface area contributed by atoms with Gasteiger partial charge >= 0.3 is 0 Å². The summed E-state index contributed by atoms with van der Waals surface area (Å²) in [5, 5.41) is 3.18. The summed E-state index contributed by atoms with van der Waals surface area (Å²) >= 11 is 0. The quantitative estimate of drug-likeness (QED) is 0.415. The Morgan fingerprint density at radius 1 is 0.974 bits per heavy atom. The fourth-order valence-corrected chi connectivity index (χ4v) is 6.11. The molecule has 1 fully saturated rings. The Bertz CT molecular complexity index is 1160. The van der Waals surface area contributed by atoms with E-state index in [1.54, 1.807) is 17.0 Å². The zero-order chi connectivity index (χ0) is 27.7. The summed E-state index contributed by atoms with van der Waals surface area (Å²) in [5.41, 5.74) is 2.41. The molecule has 0 heterocycles. The molecule has 0 aliphatic heterocycles. The molecule has 1 atom stereocenters. The van der Waals surface area contributed by atoms with Gasteiger partial charge in [0, 0.05) is 12.6 Å². The van der Waals surface area contributed by atoms with Gasteiger partial charge < -0.3 is 10.2 Å². The second-order valence-corrected chi connectivity index (χ2v) is 12.5. The van der Waals surface area contributed by atoms with Crippen LogP contribution in [0.5, 0.6) is 0 Å². The molecule has 7 nitrogen and oxygen atoms in total. The molecule has 0 bridgehead atoms. The maximum absolute atomic E-state index is 13.9. The van der Waals surface area contributed by atoms with Gasteiger partial charge in [0.25, 0.3) is 0 Å². The largest absolute Gasteiger partial charge is 0.352 e. The number of nitrogens with zero attached hydrogens (tertiary/aromatic N) is 2. The first-order valence-electron chi connectivity index (χ1n) is 13.8. The number of para-hydroxylation sites is 1. The van der Waals surface area contributed by atoms with Gasteiger partial charge in [0.15, 0.2) is 0 Å². The van der Waals surface area contributed by atoms with Gasteiger partial charge in [0.2, 0.25) is 21.8 Å². The number of hydrogen-bond acceptors (Lipinski definition) is 4. The van der Waals surface area contributed by atoms with Crippen LogP contribution in [0.1, 0.15) is 76.3 Å². The summed E-state index contributed by atoms with van der Waals surface area (Å²) in [7, 11) is -3.76. The highest BCUT2D eigenvalue weighted by molar-refractivity contribution is 7.92. The van der Waals surface area contributed by atoms with Crippen molar-refractivity contribution < 1.29 is 18.0 Å². The van der Waals surface area contributed by atoms with Gasteiger partial charge in [-0.2, -0.15) is 0 Å². The number of sulfonamides is 1. The Balaban J connectivity index is 1.90. The molecular weight excluding hydrogens is 498 g/mol. The highest BCUT2D eigenvalue weighted by atomic mass is 32.2. The van der Waals surface area contributed by atoms with Crippen LogP contribution in [0, 0.1) is 0 Å². The molecule has 0 aromatic heterocycles. The minimum absolute atomic E-state index is 0.0735. The Kier molecular flexibility index (Phi) is 10.8. The van der Waals surface area contributed by atoms with E-state index in [9.17, 15) is 18.0 Å². The molecule has 0 spiro atoms. The average molecular weight is 542 g/mol. The predicted octanol–water partition coefficient (Wildman–Crippen LogP) is 4.87. The van der Waals surface area contributed by atoms with Crippen LogP contribution < -0.4 is 9.62 Å². The molecule has 38 heavy (non-hydrogen) atoms. The van der Waals surface area contributed by atoms with Crippen molar-refractivity contribution in [1.82, 2.24) is 10.2 Å². The van der Waals surface area contributed by atoms with Crippen molar-refractivity contribution in [1.29, 1.82) is 0 Å². The minimum Gasteiger partial charge on any atom is -0.352 e. The van der Waals surface area contributed by atoms with Crippen LogP contribution in [-0.2, 0) is 26.0 Å². The van der Waals surface area contributed by atoms with Gasteiger partial charge in [-0.25, -0.2) is 8.42 Å². The van der Waals surface area contributed by atoms with E-state index in [4.69, 9.17) is 0 Å². The SMILES string of the molecule is CCC(C(=O)NC1CCCCC1)N(CCc1ccccc1)C(=O)CN(c1ccccc1C(C)C)S(C)(=O)=O. The number of carbonyl (C=O) groups is 2. The van der Waals surface area contributed by atoms with Gasteiger partial charge in [0.1, 0.15) is 12.6 Å². The number of hydrogen-bond donors (Lipinski definition) is 1. The van der Waals surface area contributed by atoms with Gasteiger partial charge in [0.05, 0.1) is 11.9 Å². The zero-order valence-electron chi connectivity index (χ0n) is 23.2. The molecule has 0 radical (unpaired) electrons. The normalized spacial score (nSPS) is 15.2. The third kappa shape index (κ3) is 8.06. The molecule has 2 amide bonds. The molecule has 1 unspecified atom stereocenters. The molecule has 208 valence electrons. The fourth-order valence-electron chi connectivity index (χ4n) is 5.24. The Morgan fingerprint density at radius 3 is 2.21 bits per heavy atom. The first-order valence-corrected chi connectivity index (χ1v) is 15.7. The van der Waals surface area contributed by atoms with E-state index in [0.717, 1.165) is 43.1 Å². The van der Waals surface area contributed by atoms with Crippen LogP contribution >= 0.6 is 0 Å². The van der Waals surface area contributed by atoms with Gasteiger partial charge in [-0.15, -0.1) is 0 Å². The first kappa shape index (κ1) is 29.7. The highest BCUT2D eigenvalue weighted by Gasteiger charge is 2.33. The summed E-state index contributed by atoms with van der Waals surface area (Å²) in [6.45, 7) is 5.86. The van der Waals surface area contributed by atoms with Crippen molar-refractivity contribution in [3.63, 3.8) is 0 Å². The van der Waals surface area contributed by atoms with Crippen molar-refractivity contribution in [3.8, 4) is 0 Å². The average Bonchev–Trinajstić information content (AvgIpc) is 2.90. The van der Waals surface area contributed by atoms with Crippen molar-refractivity contribution in [3.05, 3.63) is 65.7 Å². The van der Waals surface area contributed by atoms with Crippen LogP contribution in [0.4, 0.5) is 5.69 Å². The van der Waals surface area contributed by atoms with Crippen LogP contribution in [0.25, 0.3) is 0 Å². The monoisotopic (exact) mass is 541 g/mol. The third-order valence-electron chi connectivity index (χ3n) is 7.33. The van der Waals surface area contributed by atoms with Crippen LogP contribution in [0.15, 0.2) is 54.6 Å². The molecule has 2 aromatic rings. The van der Waals surface area contributed by atoms with Crippen LogP contribution in [0.2, 0.25) is 0 Å². The van der Waals surface area contributed by atoms with Crippen molar-refractivity contribution in [2.45, 2.75) is 83.7 Å². The van der Waals surface area contributed by atoms with Gasteiger partial charge in [-0.3, -0.25) is 13.9 Å². The predicted molar refractivity (Wildman–Crippen MR) is 154 cm³/mol. The van der Waals surface area contributed by atoms with E-state index in [2.05, 4.69) is 5.32 Å². The molecule has 1 saturated carbocycles. The Morgan fingerprint density at radius 2 is 1.61 bits per heavy atom. The van der Waals surface area contributed by atoms with Gasteiger partial charge in [-0.1, -0.05) is 88.6 Å². The lowest BCUT2D eigenvalue weighted by Gasteiger charge is -2.34. The standard InChI is InChI=1S/C30H43N3O4S/c1-5-27(30(35)31-25-16-10-7-11-17-25)32(21-20-24-14-8-6-9-15-24)29(34)22-33(38(4,36)37)28-19-13-12-18-26(28)23(2)3/h6,8-9,12-15,18-19,23,25,27H,5,7,10-11,16-17,20-22H2,1-4H3,(H,31,35). The second kappa shape index (κ2) is 13.8. The lowest BCUT2D eigenvalue weighted by molar-refractivity contribution is -0.140. The number of carbonyl (C=O) groups excluding carboxylic acids is 2. The summed E-state index contributed by atoms with van der Waals surface area (Å²) in [6.07, 6.45) is 7.42. The van der Waals surface area contributed by atoms with E-state index in [-0.39, 0.29) is 30.3 Å². The van der Waals surface area contributed by atoms with Crippen molar-refractivity contribution >= 4 is 27.5 Å². The van der Waals surface area contributed by atoms with E-state index in [1.807, 2.05) is 63.2 Å². The zero-order valence-corrected chi connectivity index (χ0v) is 24.0. The number of anilines is 1. The Labute approximate surface area is 228 Å². The van der Waals surface area contributed by atoms with Crippen LogP contribution in [-0.4, -0.2) is 56.6 Å². The smallest absolute Gasteiger partial charge is 0.244 e. The topological polar surface area (TPSA) is 86.8 Å². The summed E-state index contributed by atoms with van der Waals surface area (Å²) < 4.78 is 27.1. The number of amides is 2. The lowest BCUT2D eigenvalue weighted by atomic mass is 9.95. The molecule has 8 heteroatoms. The summed E-state index contributed by atoms with van der Waals surface area (Å²) in [4.78, 5) is 29.0. The number of nitrogens with one attached hydrogen (secondary N) is 1. The second-order valence-electron chi connectivity index (χ2n) is 10.6. The minimum atomic E-state index is -3.76. The van der Waals surface area contributed by atoms with Crippen molar-refractivity contribution in [2.75, 3.05) is 23.7 Å². The third-order valence-corrected chi connectivity index (χ3v) is 8.45. The van der Waals surface area contributed by atoms with Gasteiger partial charge in [-0.05, 0) is 48.8 Å². The molecule has 1 aliphatic carbocycles. The number of benzene rings is 2. The van der Waals surface area contributed by atoms with E-state index in [1.165, 1.54) is 10.7 Å². The molecule has 1 N–H and O–H groups in total.